The number of rotatable bonds is 4. The summed E-state index contributed by atoms with van der Waals surface area (Å²) in [6.45, 7) is 1.93. The molecule has 7 heteroatoms. The minimum Gasteiger partial charge on any atom is -0.507 e. The van der Waals surface area contributed by atoms with Crippen LogP contribution in [-0.2, 0) is 0 Å². The number of hydrogen-bond acceptors (Lipinski definition) is 5. The smallest absolute Gasteiger partial charge is 0.279 e. The number of amides is 1. The van der Waals surface area contributed by atoms with E-state index < -0.39 is 11.3 Å². The summed E-state index contributed by atoms with van der Waals surface area (Å²) in [5.74, 6) is -0.235. The van der Waals surface area contributed by atoms with Gasteiger partial charge in [-0.15, -0.1) is 0 Å². The summed E-state index contributed by atoms with van der Waals surface area (Å²) in [6.07, 6.45) is 0. The zero-order valence-corrected chi connectivity index (χ0v) is 17.2. The van der Waals surface area contributed by atoms with Gasteiger partial charge in [0.2, 0.25) is 0 Å². The van der Waals surface area contributed by atoms with Gasteiger partial charge in [0.15, 0.2) is 0 Å². The maximum atomic E-state index is 13.4. The molecule has 1 N–H and O–H groups in total. The van der Waals surface area contributed by atoms with Crippen LogP contribution in [0.1, 0.15) is 32.4 Å². The molecular formula is C23H19FN2O3S. The molecule has 3 aromatic carbocycles. The lowest BCUT2D eigenvalue weighted by Gasteiger charge is -2.23. The van der Waals surface area contributed by atoms with Gasteiger partial charge in [-0.3, -0.25) is 4.79 Å². The van der Waals surface area contributed by atoms with Gasteiger partial charge in [-0.05, 0) is 48.9 Å². The molecule has 0 saturated carbocycles. The van der Waals surface area contributed by atoms with Crippen molar-refractivity contribution in [1.82, 2.24) is 5.01 Å². The van der Waals surface area contributed by atoms with Gasteiger partial charge in [-0.1, -0.05) is 42.1 Å². The van der Waals surface area contributed by atoms with Crippen molar-refractivity contribution >= 4 is 22.7 Å². The molecule has 1 aliphatic heterocycles. The fourth-order valence-electron chi connectivity index (χ4n) is 3.32. The first-order chi connectivity index (χ1) is 14.5. The van der Waals surface area contributed by atoms with Crippen LogP contribution >= 0.6 is 11.8 Å². The van der Waals surface area contributed by atoms with Gasteiger partial charge in [0.05, 0.1) is 12.7 Å². The molecule has 1 unspecified atom stereocenters. The molecular weight excluding hydrogens is 403 g/mol. The van der Waals surface area contributed by atoms with E-state index in [-0.39, 0.29) is 17.1 Å². The summed E-state index contributed by atoms with van der Waals surface area (Å²) in [5, 5.41) is 16.1. The molecule has 30 heavy (non-hydrogen) atoms. The van der Waals surface area contributed by atoms with E-state index in [2.05, 4.69) is 5.10 Å². The molecule has 5 nitrogen and oxygen atoms in total. The van der Waals surface area contributed by atoms with Crippen LogP contribution in [0.3, 0.4) is 0 Å². The van der Waals surface area contributed by atoms with Crippen LogP contribution in [0.2, 0.25) is 0 Å². The first kappa shape index (κ1) is 20.0. The van der Waals surface area contributed by atoms with E-state index in [1.165, 1.54) is 35.0 Å². The van der Waals surface area contributed by atoms with Crippen LogP contribution in [0.5, 0.6) is 11.5 Å². The molecule has 0 saturated heterocycles. The molecule has 152 valence electrons. The number of halogens is 1. The number of carbonyl (C=O) groups is 1. The number of phenols is 1. The molecule has 1 heterocycles. The highest BCUT2D eigenvalue weighted by Gasteiger charge is 2.37. The molecule has 0 aliphatic carbocycles. The van der Waals surface area contributed by atoms with Crippen molar-refractivity contribution in [2.75, 3.05) is 7.11 Å². The predicted octanol–water partition coefficient (Wildman–Crippen LogP) is 5.10. The number of phenolic OH excluding ortho intramolecular Hbond substituents is 1. The Balaban J connectivity index is 1.81. The van der Waals surface area contributed by atoms with Crippen molar-refractivity contribution in [1.29, 1.82) is 0 Å². The van der Waals surface area contributed by atoms with Gasteiger partial charge >= 0.3 is 0 Å². The minimum atomic E-state index is -0.507. The predicted molar refractivity (Wildman–Crippen MR) is 115 cm³/mol. The highest BCUT2D eigenvalue weighted by Crippen LogP contribution is 2.46. The number of hydrazone groups is 1. The summed E-state index contributed by atoms with van der Waals surface area (Å²) >= 11 is 1.37. The molecule has 3 aromatic rings. The number of ether oxygens (including phenoxy) is 1. The number of hydrogen-bond donors (Lipinski definition) is 1. The van der Waals surface area contributed by atoms with Crippen molar-refractivity contribution in [3.05, 3.63) is 94.8 Å². The number of thioether (sulfide) groups is 1. The third-order valence-electron chi connectivity index (χ3n) is 4.79. The number of para-hydroxylation sites is 2. The minimum absolute atomic E-state index is 0.118. The average Bonchev–Trinajstić information content (AvgIpc) is 3.19. The second kappa shape index (κ2) is 8.20. The van der Waals surface area contributed by atoms with Crippen LogP contribution in [0, 0.1) is 12.7 Å². The Morgan fingerprint density at radius 2 is 1.83 bits per heavy atom. The Hall–Kier alpha value is -3.32. The van der Waals surface area contributed by atoms with Crippen LogP contribution in [0.4, 0.5) is 4.39 Å². The van der Waals surface area contributed by atoms with E-state index in [9.17, 15) is 14.3 Å². The molecule has 0 bridgehead atoms. The number of methoxy groups -OCH3 is 1. The number of nitrogens with zero attached hydrogens (tertiary/aromatic N) is 2. The Morgan fingerprint density at radius 3 is 2.53 bits per heavy atom. The Bertz CT molecular complexity index is 1130. The van der Waals surface area contributed by atoms with E-state index >= 15 is 0 Å². The van der Waals surface area contributed by atoms with Crippen LogP contribution in [0.25, 0.3) is 0 Å². The van der Waals surface area contributed by atoms with Gasteiger partial charge in [0, 0.05) is 11.1 Å². The maximum absolute atomic E-state index is 13.4. The summed E-state index contributed by atoms with van der Waals surface area (Å²) < 4.78 is 19.0. The maximum Gasteiger partial charge on any atom is 0.279 e. The normalized spacial score (nSPS) is 15.8. The highest BCUT2D eigenvalue weighted by molar-refractivity contribution is 8.14. The third-order valence-corrected chi connectivity index (χ3v) is 6.01. The monoisotopic (exact) mass is 422 g/mol. The molecule has 4 rings (SSSR count). The first-order valence-electron chi connectivity index (χ1n) is 9.26. The zero-order chi connectivity index (χ0) is 21.3. The van der Waals surface area contributed by atoms with E-state index in [4.69, 9.17) is 4.74 Å². The molecule has 1 amide bonds. The molecule has 0 radical (unpaired) electrons. The Morgan fingerprint density at radius 1 is 1.10 bits per heavy atom. The first-order valence-corrected chi connectivity index (χ1v) is 10.1. The highest BCUT2D eigenvalue weighted by atomic mass is 32.2. The summed E-state index contributed by atoms with van der Waals surface area (Å²) in [7, 11) is 1.59. The third kappa shape index (κ3) is 3.64. The van der Waals surface area contributed by atoms with E-state index in [1.807, 2.05) is 25.1 Å². The van der Waals surface area contributed by atoms with Crippen LogP contribution in [0.15, 0.2) is 71.8 Å². The van der Waals surface area contributed by atoms with Crippen molar-refractivity contribution in [3.8, 4) is 11.5 Å². The zero-order valence-electron chi connectivity index (χ0n) is 16.4. The van der Waals surface area contributed by atoms with Gasteiger partial charge in [0.1, 0.15) is 27.7 Å². The number of carbonyl (C=O) groups excluding carboxylic acids is 1. The molecule has 1 aliphatic rings. The topological polar surface area (TPSA) is 62.1 Å². The Labute approximate surface area is 177 Å². The number of aryl methyl sites for hydroxylation is 1. The van der Waals surface area contributed by atoms with Gasteiger partial charge < -0.3 is 9.84 Å². The summed E-state index contributed by atoms with van der Waals surface area (Å²) in [4.78, 5) is 13.3. The van der Waals surface area contributed by atoms with Crippen molar-refractivity contribution < 1.29 is 19.0 Å². The number of benzene rings is 3. The Kier molecular flexibility index (Phi) is 5.46. The molecule has 0 aromatic heterocycles. The molecule has 0 fully saturated rings. The van der Waals surface area contributed by atoms with Crippen LogP contribution < -0.4 is 4.74 Å². The standard InChI is InChI=1S/C23H19FN2O3S/c1-14-6-5-8-18(20(14)29-2)23-26(22(28)17-7-3-4-9-19(17)27)25-21(30-23)15-10-12-16(24)13-11-15/h3-13,23,27H,1-2H3. The summed E-state index contributed by atoms with van der Waals surface area (Å²) in [6, 6.07) is 18.0. The second-order valence-electron chi connectivity index (χ2n) is 6.75. The van der Waals surface area contributed by atoms with E-state index in [1.54, 1.807) is 37.4 Å². The quantitative estimate of drug-likeness (QED) is 0.636. The van der Waals surface area contributed by atoms with E-state index in [0.29, 0.717) is 16.4 Å². The van der Waals surface area contributed by atoms with Crippen molar-refractivity contribution in [3.63, 3.8) is 0 Å². The number of aromatic hydroxyl groups is 1. The fraction of sp³-hybridized carbons (Fsp3) is 0.130. The van der Waals surface area contributed by atoms with Crippen molar-refractivity contribution in [2.24, 2.45) is 5.10 Å². The van der Waals surface area contributed by atoms with Gasteiger partial charge in [0.25, 0.3) is 5.91 Å². The average molecular weight is 422 g/mol. The molecule has 0 spiro atoms. The van der Waals surface area contributed by atoms with Gasteiger partial charge in [-0.25, -0.2) is 9.40 Å². The lowest BCUT2D eigenvalue weighted by molar-refractivity contribution is 0.0745. The molecule has 1 atom stereocenters. The van der Waals surface area contributed by atoms with Gasteiger partial charge in [-0.2, -0.15) is 5.10 Å². The van der Waals surface area contributed by atoms with Crippen LogP contribution in [-0.4, -0.2) is 28.2 Å². The SMILES string of the molecule is COc1c(C)cccc1C1SC(c2ccc(F)cc2)=NN1C(=O)c1ccccc1O. The lowest BCUT2D eigenvalue weighted by Crippen LogP contribution is -2.26. The fourth-order valence-corrected chi connectivity index (χ4v) is 4.50. The van der Waals surface area contributed by atoms with Crippen molar-refractivity contribution in [2.45, 2.75) is 12.3 Å². The second-order valence-corrected chi connectivity index (χ2v) is 7.82. The lowest BCUT2D eigenvalue weighted by atomic mass is 10.1. The largest absolute Gasteiger partial charge is 0.507 e. The summed E-state index contributed by atoms with van der Waals surface area (Å²) in [5.41, 5.74) is 2.57. The van der Waals surface area contributed by atoms with E-state index in [0.717, 1.165) is 11.1 Å².